The molecule has 0 spiro atoms. The van der Waals surface area contributed by atoms with Crippen molar-refractivity contribution in [2.24, 2.45) is 5.73 Å². The fraction of sp³-hybridized carbons (Fsp3) is 0.294. The highest BCUT2D eigenvalue weighted by molar-refractivity contribution is 6.30. The van der Waals surface area contributed by atoms with Gasteiger partial charge in [-0.25, -0.2) is 0 Å². The zero-order valence-corrected chi connectivity index (χ0v) is 13.0. The zero-order chi connectivity index (χ0) is 15.4. The first-order chi connectivity index (χ1) is 10.1. The molecule has 2 rings (SSSR count). The van der Waals surface area contributed by atoms with Gasteiger partial charge in [0.25, 0.3) is 0 Å². The summed E-state index contributed by atoms with van der Waals surface area (Å²) in [5.41, 5.74) is 8.74. The van der Waals surface area contributed by atoms with Crippen molar-refractivity contribution >= 4 is 11.6 Å². The Morgan fingerprint density at radius 3 is 2.62 bits per heavy atom. The normalized spacial score (nSPS) is 13.8. The minimum absolute atomic E-state index is 0.194. The number of benzene rings is 2. The molecule has 2 unspecified atom stereocenters. The molecule has 2 aromatic carbocycles. The molecule has 0 amide bonds. The van der Waals surface area contributed by atoms with Crippen molar-refractivity contribution < 1.29 is 9.84 Å². The van der Waals surface area contributed by atoms with Crippen molar-refractivity contribution in [3.63, 3.8) is 0 Å². The first-order valence-electron chi connectivity index (χ1n) is 6.85. The van der Waals surface area contributed by atoms with Crippen molar-refractivity contribution in [2.75, 3.05) is 13.7 Å². The molecule has 4 heteroatoms. The number of ether oxygens (including phenoxy) is 1. The first-order valence-corrected chi connectivity index (χ1v) is 7.22. The molecule has 0 radical (unpaired) electrons. The molecular weight excluding hydrogens is 286 g/mol. The summed E-state index contributed by atoms with van der Waals surface area (Å²) < 4.78 is 5.32. The van der Waals surface area contributed by atoms with Crippen LogP contribution in [0.4, 0.5) is 0 Å². The van der Waals surface area contributed by atoms with Crippen LogP contribution in [0.2, 0.25) is 5.02 Å². The summed E-state index contributed by atoms with van der Waals surface area (Å²) in [5, 5.41) is 11.3. The molecule has 0 saturated heterocycles. The molecule has 2 atom stereocenters. The summed E-state index contributed by atoms with van der Waals surface area (Å²) in [4.78, 5) is 0. The van der Waals surface area contributed by atoms with Gasteiger partial charge in [-0.3, -0.25) is 0 Å². The Kier molecular flexibility index (Phi) is 5.23. The number of methoxy groups -OCH3 is 1. The van der Waals surface area contributed by atoms with Crippen LogP contribution < -0.4 is 10.5 Å². The van der Waals surface area contributed by atoms with E-state index < -0.39 is 6.10 Å². The molecule has 2 aromatic rings. The SMILES string of the molecule is COc1cc(Cl)ccc1C(O)C(CN)c1cccc(C)c1. The van der Waals surface area contributed by atoms with Gasteiger partial charge < -0.3 is 15.6 Å². The molecule has 3 nitrogen and oxygen atoms in total. The van der Waals surface area contributed by atoms with Crippen molar-refractivity contribution in [2.45, 2.75) is 18.9 Å². The van der Waals surface area contributed by atoms with Crippen LogP contribution in [0.25, 0.3) is 0 Å². The number of aliphatic hydroxyl groups excluding tert-OH is 1. The molecule has 0 saturated carbocycles. The Morgan fingerprint density at radius 1 is 1.24 bits per heavy atom. The van der Waals surface area contributed by atoms with Crippen LogP contribution in [0.15, 0.2) is 42.5 Å². The van der Waals surface area contributed by atoms with Gasteiger partial charge in [0, 0.05) is 23.0 Å². The van der Waals surface area contributed by atoms with E-state index in [2.05, 4.69) is 0 Å². The summed E-state index contributed by atoms with van der Waals surface area (Å²) in [6.45, 7) is 2.36. The van der Waals surface area contributed by atoms with E-state index in [1.54, 1.807) is 25.3 Å². The number of hydrogen-bond acceptors (Lipinski definition) is 3. The minimum Gasteiger partial charge on any atom is -0.496 e. The number of aryl methyl sites for hydroxylation is 1. The Labute approximate surface area is 130 Å². The topological polar surface area (TPSA) is 55.5 Å². The standard InChI is InChI=1S/C17H20ClNO2/c1-11-4-3-5-12(8-11)15(10-19)17(20)14-7-6-13(18)9-16(14)21-2/h3-9,15,17,20H,10,19H2,1-2H3. The van der Waals surface area contributed by atoms with Gasteiger partial charge in [-0.15, -0.1) is 0 Å². The van der Waals surface area contributed by atoms with Crippen LogP contribution in [-0.2, 0) is 0 Å². The number of rotatable bonds is 5. The van der Waals surface area contributed by atoms with E-state index in [0.717, 1.165) is 11.1 Å². The fourth-order valence-corrected chi connectivity index (χ4v) is 2.66. The second-order valence-corrected chi connectivity index (χ2v) is 5.52. The summed E-state index contributed by atoms with van der Waals surface area (Å²) in [5.74, 6) is 0.376. The number of aliphatic hydroxyl groups is 1. The smallest absolute Gasteiger partial charge is 0.126 e. The van der Waals surface area contributed by atoms with E-state index in [9.17, 15) is 5.11 Å². The highest BCUT2D eigenvalue weighted by Gasteiger charge is 2.24. The van der Waals surface area contributed by atoms with E-state index in [-0.39, 0.29) is 5.92 Å². The molecule has 0 fully saturated rings. The monoisotopic (exact) mass is 305 g/mol. The zero-order valence-electron chi connectivity index (χ0n) is 12.2. The third kappa shape index (κ3) is 3.56. The van der Waals surface area contributed by atoms with E-state index in [1.807, 2.05) is 31.2 Å². The third-order valence-corrected chi connectivity index (χ3v) is 3.85. The molecule has 0 aliphatic rings. The molecule has 0 bridgehead atoms. The molecule has 0 aliphatic heterocycles. The minimum atomic E-state index is -0.746. The van der Waals surface area contributed by atoms with Gasteiger partial charge in [0.05, 0.1) is 13.2 Å². The van der Waals surface area contributed by atoms with Crippen LogP contribution in [0, 0.1) is 6.92 Å². The summed E-state index contributed by atoms with van der Waals surface area (Å²) in [6, 6.07) is 13.2. The van der Waals surface area contributed by atoms with Crippen molar-refractivity contribution in [3.8, 4) is 5.75 Å². The first kappa shape index (κ1) is 15.8. The van der Waals surface area contributed by atoms with Crippen LogP contribution in [0.3, 0.4) is 0 Å². The Bertz CT molecular complexity index is 615. The summed E-state index contributed by atoms with van der Waals surface area (Å²) in [7, 11) is 1.56. The molecule has 3 N–H and O–H groups in total. The lowest BCUT2D eigenvalue weighted by molar-refractivity contribution is 0.144. The van der Waals surface area contributed by atoms with Crippen LogP contribution in [0.5, 0.6) is 5.75 Å². The maximum Gasteiger partial charge on any atom is 0.126 e. The van der Waals surface area contributed by atoms with Crippen LogP contribution in [0.1, 0.15) is 28.7 Å². The van der Waals surface area contributed by atoms with Gasteiger partial charge in [0.1, 0.15) is 5.75 Å². The lowest BCUT2D eigenvalue weighted by Crippen LogP contribution is -2.20. The summed E-state index contributed by atoms with van der Waals surface area (Å²) in [6.07, 6.45) is -0.746. The van der Waals surface area contributed by atoms with Crippen LogP contribution in [-0.4, -0.2) is 18.8 Å². The van der Waals surface area contributed by atoms with Crippen LogP contribution >= 0.6 is 11.6 Å². The number of nitrogens with two attached hydrogens (primary N) is 1. The lowest BCUT2D eigenvalue weighted by atomic mass is 9.88. The van der Waals surface area contributed by atoms with Crippen molar-refractivity contribution in [1.29, 1.82) is 0 Å². The van der Waals surface area contributed by atoms with E-state index in [4.69, 9.17) is 22.1 Å². The maximum absolute atomic E-state index is 10.7. The highest BCUT2D eigenvalue weighted by atomic mass is 35.5. The molecule has 0 aromatic heterocycles. The average molecular weight is 306 g/mol. The average Bonchev–Trinajstić information content (AvgIpc) is 2.47. The highest BCUT2D eigenvalue weighted by Crippen LogP contribution is 2.36. The van der Waals surface area contributed by atoms with E-state index >= 15 is 0 Å². The van der Waals surface area contributed by atoms with Gasteiger partial charge >= 0.3 is 0 Å². The Hall–Kier alpha value is -1.55. The lowest BCUT2D eigenvalue weighted by Gasteiger charge is -2.24. The summed E-state index contributed by atoms with van der Waals surface area (Å²) >= 11 is 5.97. The third-order valence-electron chi connectivity index (χ3n) is 3.62. The van der Waals surface area contributed by atoms with E-state index in [0.29, 0.717) is 22.9 Å². The van der Waals surface area contributed by atoms with Gasteiger partial charge in [0.15, 0.2) is 0 Å². The van der Waals surface area contributed by atoms with Crippen molar-refractivity contribution in [3.05, 3.63) is 64.2 Å². The second kappa shape index (κ2) is 6.94. The molecular formula is C17H20ClNO2. The predicted octanol–water partition coefficient (Wildman–Crippen LogP) is 3.43. The molecule has 0 heterocycles. The quantitative estimate of drug-likeness (QED) is 0.890. The second-order valence-electron chi connectivity index (χ2n) is 5.09. The Morgan fingerprint density at radius 2 is 2.00 bits per heavy atom. The number of hydrogen-bond donors (Lipinski definition) is 2. The maximum atomic E-state index is 10.7. The fourth-order valence-electron chi connectivity index (χ4n) is 2.49. The Balaban J connectivity index is 2.38. The van der Waals surface area contributed by atoms with Gasteiger partial charge in [0.2, 0.25) is 0 Å². The van der Waals surface area contributed by atoms with Crippen molar-refractivity contribution in [1.82, 2.24) is 0 Å². The van der Waals surface area contributed by atoms with Gasteiger partial charge in [-0.05, 0) is 24.6 Å². The predicted molar refractivity (Wildman–Crippen MR) is 85.9 cm³/mol. The van der Waals surface area contributed by atoms with E-state index in [1.165, 1.54) is 0 Å². The molecule has 112 valence electrons. The molecule has 21 heavy (non-hydrogen) atoms. The molecule has 0 aliphatic carbocycles. The largest absolute Gasteiger partial charge is 0.496 e. The number of halogens is 1. The van der Waals surface area contributed by atoms with Gasteiger partial charge in [-0.2, -0.15) is 0 Å². The van der Waals surface area contributed by atoms with Gasteiger partial charge in [-0.1, -0.05) is 47.5 Å².